The van der Waals surface area contributed by atoms with Crippen LogP contribution in [0.15, 0.2) is 48.5 Å². The summed E-state index contributed by atoms with van der Waals surface area (Å²) in [6.45, 7) is 0.340. The molecule has 1 heterocycles. The summed E-state index contributed by atoms with van der Waals surface area (Å²) in [6, 6.07) is 14.2. The molecule has 1 aliphatic heterocycles. The zero-order chi connectivity index (χ0) is 19.7. The van der Waals surface area contributed by atoms with Gasteiger partial charge in [0, 0.05) is 0 Å². The minimum absolute atomic E-state index is 0.317. The van der Waals surface area contributed by atoms with Gasteiger partial charge in [0.2, 0.25) is 0 Å². The van der Waals surface area contributed by atoms with Gasteiger partial charge in [0.1, 0.15) is 0 Å². The predicted molar refractivity (Wildman–Crippen MR) is 102 cm³/mol. The molecule has 3 aromatic rings. The molecular formula is C22H18O6. The van der Waals surface area contributed by atoms with Crippen molar-refractivity contribution in [2.45, 2.75) is 18.9 Å². The smallest absolute Gasteiger partial charge is 0.347 e. The number of hydrogen-bond acceptors (Lipinski definition) is 6. The topological polar surface area (TPSA) is 78.9 Å². The molecule has 0 saturated carbocycles. The van der Waals surface area contributed by atoms with Gasteiger partial charge >= 0.3 is 17.9 Å². The molecular weight excluding hydrogens is 360 g/mol. The summed E-state index contributed by atoms with van der Waals surface area (Å²) in [5.74, 6) is -1.63. The second-order valence-corrected chi connectivity index (χ2v) is 6.54. The van der Waals surface area contributed by atoms with Crippen LogP contribution in [0, 0.1) is 0 Å². The van der Waals surface area contributed by atoms with Crippen LogP contribution in [0.2, 0.25) is 0 Å². The van der Waals surface area contributed by atoms with E-state index in [0.29, 0.717) is 52.1 Å². The number of fused-ring (bicyclic) bond motifs is 2. The van der Waals surface area contributed by atoms with E-state index in [1.54, 1.807) is 48.5 Å². The highest BCUT2D eigenvalue weighted by atomic mass is 16.6. The second-order valence-electron chi connectivity index (χ2n) is 6.54. The molecule has 1 unspecified atom stereocenters. The van der Waals surface area contributed by atoms with Crippen molar-refractivity contribution in [3.05, 3.63) is 59.7 Å². The van der Waals surface area contributed by atoms with Crippen LogP contribution in [0.1, 0.15) is 33.6 Å². The Morgan fingerprint density at radius 1 is 0.893 bits per heavy atom. The first-order valence-electron chi connectivity index (χ1n) is 9.01. The number of ether oxygens (including phenoxy) is 3. The Morgan fingerprint density at radius 2 is 1.39 bits per heavy atom. The molecule has 0 aromatic heterocycles. The second kappa shape index (κ2) is 7.31. The maximum atomic E-state index is 13.1. The number of benzene rings is 3. The van der Waals surface area contributed by atoms with Gasteiger partial charge in [-0.05, 0) is 34.4 Å². The van der Waals surface area contributed by atoms with Crippen LogP contribution in [-0.2, 0) is 19.0 Å². The first-order valence-corrected chi connectivity index (χ1v) is 9.01. The summed E-state index contributed by atoms with van der Waals surface area (Å²) in [5.41, 5.74) is 0.708. The minimum atomic E-state index is -0.918. The standard InChI is InChI=1S/C22H18O6/c1-26-21(24)18-13-7-2-4-9-15(13)19(16-10-5-3-8-14(16)18)22(25)28-17-11-6-12-27-20(17)23/h2-5,7-10,17H,6,11-12H2,1H3. The van der Waals surface area contributed by atoms with Gasteiger partial charge in [-0.2, -0.15) is 0 Å². The molecule has 0 aliphatic carbocycles. The molecule has 142 valence electrons. The third-order valence-electron chi connectivity index (χ3n) is 4.89. The van der Waals surface area contributed by atoms with Crippen LogP contribution in [0.25, 0.3) is 21.5 Å². The van der Waals surface area contributed by atoms with E-state index in [4.69, 9.17) is 14.2 Å². The normalized spacial score (nSPS) is 16.6. The number of rotatable bonds is 3. The quantitative estimate of drug-likeness (QED) is 0.393. The highest BCUT2D eigenvalue weighted by molar-refractivity contribution is 6.24. The molecule has 1 aliphatic rings. The molecule has 0 bridgehead atoms. The molecule has 0 amide bonds. The highest BCUT2D eigenvalue weighted by Gasteiger charge is 2.30. The summed E-state index contributed by atoms with van der Waals surface area (Å²) in [6.07, 6.45) is 0.159. The average Bonchev–Trinajstić information content (AvgIpc) is 2.72. The molecule has 3 aromatic carbocycles. The summed E-state index contributed by atoms with van der Waals surface area (Å²) < 4.78 is 15.5. The van der Waals surface area contributed by atoms with Crippen molar-refractivity contribution in [2.75, 3.05) is 13.7 Å². The van der Waals surface area contributed by atoms with E-state index in [1.807, 2.05) is 0 Å². The molecule has 0 radical (unpaired) electrons. The maximum Gasteiger partial charge on any atom is 0.347 e. The highest BCUT2D eigenvalue weighted by Crippen LogP contribution is 2.34. The fraction of sp³-hybridized carbons (Fsp3) is 0.227. The van der Waals surface area contributed by atoms with Gasteiger partial charge in [-0.15, -0.1) is 0 Å². The van der Waals surface area contributed by atoms with Gasteiger partial charge in [-0.3, -0.25) is 0 Å². The Labute approximate surface area is 161 Å². The maximum absolute atomic E-state index is 13.1. The summed E-state index contributed by atoms with van der Waals surface area (Å²) in [5, 5.41) is 2.31. The largest absolute Gasteiger partial charge is 0.465 e. The molecule has 28 heavy (non-hydrogen) atoms. The number of carbonyl (C=O) groups excluding carboxylic acids is 3. The van der Waals surface area contributed by atoms with E-state index in [0.717, 1.165) is 0 Å². The van der Waals surface area contributed by atoms with E-state index < -0.39 is 24.0 Å². The first kappa shape index (κ1) is 18.0. The first-order chi connectivity index (χ1) is 13.6. The fourth-order valence-corrected chi connectivity index (χ4v) is 3.62. The van der Waals surface area contributed by atoms with Crippen molar-refractivity contribution in [3.63, 3.8) is 0 Å². The molecule has 1 atom stereocenters. The van der Waals surface area contributed by atoms with Crippen LogP contribution >= 0.6 is 0 Å². The fourth-order valence-electron chi connectivity index (χ4n) is 3.62. The third-order valence-corrected chi connectivity index (χ3v) is 4.89. The zero-order valence-corrected chi connectivity index (χ0v) is 15.3. The Hall–Kier alpha value is -3.41. The Balaban J connectivity index is 1.93. The van der Waals surface area contributed by atoms with Crippen molar-refractivity contribution in [2.24, 2.45) is 0 Å². The molecule has 1 fully saturated rings. The Kier molecular flexibility index (Phi) is 4.69. The number of methoxy groups -OCH3 is 1. The SMILES string of the molecule is COC(=O)c1c2ccccc2c(C(=O)OC2CCCOC2=O)c2ccccc12. The van der Waals surface area contributed by atoms with Crippen LogP contribution < -0.4 is 0 Å². The van der Waals surface area contributed by atoms with Crippen molar-refractivity contribution in [1.82, 2.24) is 0 Å². The van der Waals surface area contributed by atoms with E-state index in [9.17, 15) is 14.4 Å². The van der Waals surface area contributed by atoms with Gasteiger partial charge in [-0.25, -0.2) is 14.4 Å². The molecule has 0 N–H and O–H groups in total. The lowest BCUT2D eigenvalue weighted by atomic mass is 9.91. The third kappa shape index (κ3) is 2.97. The molecule has 1 saturated heterocycles. The van der Waals surface area contributed by atoms with Crippen molar-refractivity contribution >= 4 is 39.5 Å². The summed E-state index contributed by atoms with van der Waals surface area (Å²) >= 11 is 0. The molecule has 6 heteroatoms. The molecule has 4 rings (SSSR count). The number of carbonyl (C=O) groups is 3. The van der Waals surface area contributed by atoms with Crippen LogP contribution in [0.3, 0.4) is 0 Å². The number of esters is 3. The Morgan fingerprint density at radius 3 is 1.86 bits per heavy atom. The van der Waals surface area contributed by atoms with Crippen molar-refractivity contribution < 1.29 is 28.6 Å². The average molecular weight is 378 g/mol. The van der Waals surface area contributed by atoms with Gasteiger partial charge in [0.25, 0.3) is 0 Å². The van der Waals surface area contributed by atoms with Crippen LogP contribution in [0.4, 0.5) is 0 Å². The van der Waals surface area contributed by atoms with Gasteiger partial charge in [0.05, 0.1) is 24.8 Å². The Bertz CT molecular complexity index is 1040. The van der Waals surface area contributed by atoms with E-state index in [1.165, 1.54) is 7.11 Å². The van der Waals surface area contributed by atoms with Gasteiger partial charge in [0.15, 0.2) is 6.10 Å². The number of cyclic esters (lactones) is 1. The van der Waals surface area contributed by atoms with Crippen LogP contribution in [-0.4, -0.2) is 37.7 Å². The van der Waals surface area contributed by atoms with Crippen molar-refractivity contribution in [3.8, 4) is 0 Å². The number of hydrogen-bond donors (Lipinski definition) is 0. The summed E-state index contributed by atoms with van der Waals surface area (Å²) in [7, 11) is 1.32. The minimum Gasteiger partial charge on any atom is -0.465 e. The predicted octanol–water partition coefficient (Wildman–Crippen LogP) is 3.64. The van der Waals surface area contributed by atoms with E-state index in [2.05, 4.69) is 0 Å². The zero-order valence-electron chi connectivity index (χ0n) is 15.3. The van der Waals surface area contributed by atoms with Crippen molar-refractivity contribution in [1.29, 1.82) is 0 Å². The van der Waals surface area contributed by atoms with E-state index in [-0.39, 0.29) is 0 Å². The van der Waals surface area contributed by atoms with Gasteiger partial charge in [-0.1, -0.05) is 48.5 Å². The summed E-state index contributed by atoms with van der Waals surface area (Å²) in [4.78, 5) is 37.5. The lowest BCUT2D eigenvalue weighted by Gasteiger charge is -2.22. The molecule has 6 nitrogen and oxygen atoms in total. The van der Waals surface area contributed by atoms with E-state index >= 15 is 0 Å². The van der Waals surface area contributed by atoms with Gasteiger partial charge < -0.3 is 14.2 Å². The lowest BCUT2D eigenvalue weighted by molar-refractivity contribution is -0.159. The van der Waals surface area contributed by atoms with Crippen LogP contribution in [0.5, 0.6) is 0 Å². The monoisotopic (exact) mass is 378 g/mol. The molecule has 0 spiro atoms. The lowest BCUT2D eigenvalue weighted by Crippen LogP contribution is -2.33.